The van der Waals surface area contributed by atoms with E-state index in [0.717, 1.165) is 6.54 Å². The maximum absolute atomic E-state index is 3.77. The highest BCUT2D eigenvalue weighted by atomic mass is 15.1. The van der Waals surface area contributed by atoms with Crippen molar-refractivity contribution in [3.05, 3.63) is 12.7 Å². The molecule has 0 N–H and O–H groups in total. The maximum atomic E-state index is 3.77. The summed E-state index contributed by atoms with van der Waals surface area (Å²) >= 11 is 0. The van der Waals surface area contributed by atoms with Gasteiger partial charge in [-0.15, -0.1) is 6.58 Å². The molecular weight excluding hydrogens is 146 g/mol. The Bertz CT molecular complexity index is 99.2. The number of rotatable bonds is 8. The first-order valence-electron chi connectivity index (χ1n) is 5.18. The molecule has 1 nitrogen and oxygen atoms in total. The summed E-state index contributed by atoms with van der Waals surface area (Å²) in [6, 6.07) is 0. The molecule has 0 atom stereocenters. The molecule has 0 amide bonds. The number of hydrogen-bond acceptors (Lipinski definition) is 1. The second-order valence-corrected chi connectivity index (χ2v) is 3.30. The van der Waals surface area contributed by atoms with Crippen molar-refractivity contribution in [3.63, 3.8) is 0 Å². The summed E-state index contributed by atoms with van der Waals surface area (Å²) in [5.74, 6) is 0. The molecule has 0 radical (unpaired) electrons. The van der Waals surface area contributed by atoms with Gasteiger partial charge in [0.1, 0.15) is 0 Å². The van der Waals surface area contributed by atoms with Gasteiger partial charge in [0, 0.05) is 6.54 Å². The monoisotopic (exact) mass is 169 g/mol. The highest BCUT2D eigenvalue weighted by Crippen LogP contribution is 1.99. The molecule has 0 fully saturated rings. The van der Waals surface area contributed by atoms with Crippen LogP contribution in [0.4, 0.5) is 0 Å². The number of unbranched alkanes of at least 4 members (excludes halogenated alkanes) is 2. The van der Waals surface area contributed by atoms with Gasteiger partial charge in [-0.25, -0.2) is 0 Å². The molecule has 0 saturated heterocycles. The Hall–Kier alpha value is -0.300. The van der Waals surface area contributed by atoms with E-state index in [4.69, 9.17) is 0 Å². The Morgan fingerprint density at radius 1 is 1.08 bits per heavy atom. The van der Waals surface area contributed by atoms with Crippen molar-refractivity contribution in [2.75, 3.05) is 19.6 Å². The van der Waals surface area contributed by atoms with Crippen LogP contribution < -0.4 is 0 Å². The van der Waals surface area contributed by atoms with Gasteiger partial charge >= 0.3 is 0 Å². The van der Waals surface area contributed by atoms with E-state index in [2.05, 4.69) is 25.3 Å². The zero-order valence-electron chi connectivity index (χ0n) is 8.68. The molecule has 0 aliphatic carbocycles. The predicted octanol–water partition coefficient (Wildman–Crippen LogP) is 3.07. The van der Waals surface area contributed by atoms with E-state index >= 15 is 0 Å². The Morgan fingerprint density at radius 2 is 1.83 bits per heavy atom. The van der Waals surface area contributed by atoms with Crippen LogP contribution in [0.15, 0.2) is 12.7 Å². The molecule has 0 heterocycles. The second kappa shape index (κ2) is 8.79. The molecule has 0 bridgehead atoms. The molecule has 0 aliphatic rings. The SMILES string of the molecule is C=CCN(CCC)CCCCC. The quantitative estimate of drug-likeness (QED) is 0.399. The van der Waals surface area contributed by atoms with Gasteiger partial charge in [0.2, 0.25) is 0 Å². The third kappa shape index (κ3) is 6.41. The molecular formula is C11H23N. The molecule has 1 heteroatoms. The Balaban J connectivity index is 3.40. The van der Waals surface area contributed by atoms with Gasteiger partial charge in [-0.1, -0.05) is 32.8 Å². The predicted molar refractivity (Wildman–Crippen MR) is 56.5 cm³/mol. The highest BCUT2D eigenvalue weighted by Gasteiger charge is 1.99. The summed E-state index contributed by atoms with van der Waals surface area (Å²) in [5.41, 5.74) is 0. The smallest absolute Gasteiger partial charge is 0.0160 e. The van der Waals surface area contributed by atoms with E-state index in [-0.39, 0.29) is 0 Å². The third-order valence-corrected chi connectivity index (χ3v) is 2.01. The van der Waals surface area contributed by atoms with E-state index in [1.54, 1.807) is 0 Å². The zero-order chi connectivity index (χ0) is 9.23. The van der Waals surface area contributed by atoms with Gasteiger partial charge in [0.25, 0.3) is 0 Å². The van der Waals surface area contributed by atoms with Crippen LogP contribution in [0, 0.1) is 0 Å². The van der Waals surface area contributed by atoms with Crippen molar-refractivity contribution < 1.29 is 0 Å². The molecule has 0 saturated carbocycles. The summed E-state index contributed by atoms with van der Waals surface area (Å²) in [6.45, 7) is 11.8. The Labute approximate surface area is 77.5 Å². The minimum absolute atomic E-state index is 1.05. The average Bonchev–Trinajstić information content (AvgIpc) is 2.06. The molecule has 72 valence electrons. The van der Waals surface area contributed by atoms with Gasteiger partial charge in [-0.3, -0.25) is 4.90 Å². The van der Waals surface area contributed by atoms with Crippen LogP contribution in [0.3, 0.4) is 0 Å². The summed E-state index contributed by atoms with van der Waals surface area (Å²) in [4.78, 5) is 2.47. The lowest BCUT2D eigenvalue weighted by atomic mass is 10.2. The normalized spacial score (nSPS) is 10.6. The van der Waals surface area contributed by atoms with Crippen molar-refractivity contribution in [2.24, 2.45) is 0 Å². The molecule has 0 aromatic heterocycles. The van der Waals surface area contributed by atoms with Crippen LogP contribution >= 0.6 is 0 Å². The van der Waals surface area contributed by atoms with Gasteiger partial charge in [-0.2, -0.15) is 0 Å². The summed E-state index contributed by atoms with van der Waals surface area (Å²) < 4.78 is 0. The van der Waals surface area contributed by atoms with E-state index in [9.17, 15) is 0 Å². The lowest BCUT2D eigenvalue weighted by Crippen LogP contribution is -2.25. The molecule has 12 heavy (non-hydrogen) atoms. The largest absolute Gasteiger partial charge is 0.300 e. The molecule has 0 rings (SSSR count). The van der Waals surface area contributed by atoms with E-state index in [1.165, 1.54) is 38.8 Å². The molecule has 0 aromatic rings. The fourth-order valence-corrected chi connectivity index (χ4v) is 1.38. The summed E-state index contributed by atoms with van der Waals surface area (Å²) in [7, 11) is 0. The first-order chi connectivity index (χ1) is 5.85. The van der Waals surface area contributed by atoms with Gasteiger partial charge in [-0.05, 0) is 25.9 Å². The van der Waals surface area contributed by atoms with Crippen molar-refractivity contribution in [3.8, 4) is 0 Å². The van der Waals surface area contributed by atoms with Crippen molar-refractivity contribution >= 4 is 0 Å². The second-order valence-electron chi connectivity index (χ2n) is 3.30. The first-order valence-corrected chi connectivity index (χ1v) is 5.18. The molecule has 0 aromatic carbocycles. The topological polar surface area (TPSA) is 3.24 Å². The van der Waals surface area contributed by atoms with Crippen LogP contribution in [0.25, 0.3) is 0 Å². The lowest BCUT2D eigenvalue weighted by Gasteiger charge is -2.19. The lowest BCUT2D eigenvalue weighted by molar-refractivity contribution is 0.296. The minimum atomic E-state index is 1.05. The Morgan fingerprint density at radius 3 is 2.33 bits per heavy atom. The zero-order valence-corrected chi connectivity index (χ0v) is 8.68. The minimum Gasteiger partial charge on any atom is -0.300 e. The van der Waals surface area contributed by atoms with Gasteiger partial charge < -0.3 is 0 Å². The van der Waals surface area contributed by atoms with E-state index in [0.29, 0.717) is 0 Å². The van der Waals surface area contributed by atoms with Crippen LogP contribution in [0.2, 0.25) is 0 Å². The Kier molecular flexibility index (Phi) is 8.57. The maximum Gasteiger partial charge on any atom is 0.0160 e. The number of nitrogens with zero attached hydrogens (tertiary/aromatic N) is 1. The molecule has 0 unspecified atom stereocenters. The fourth-order valence-electron chi connectivity index (χ4n) is 1.38. The van der Waals surface area contributed by atoms with E-state index < -0.39 is 0 Å². The summed E-state index contributed by atoms with van der Waals surface area (Å²) in [5, 5.41) is 0. The van der Waals surface area contributed by atoms with Crippen molar-refractivity contribution in [2.45, 2.75) is 39.5 Å². The van der Waals surface area contributed by atoms with Crippen LogP contribution in [0.5, 0.6) is 0 Å². The van der Waals surface area contributed by atoms with Crippen molar-refractivity contribution in [1.29, 1.82) is 0 Å². The van der Waals surface area contributed by atoms with Crippen LogP contribution in [-0.2, 0) is 0 Å². The average molecular weight is 169 g/mol. The van der Waals surface area contributed by atoms with Gasteiger partial charge in [0.15, 0.2) is 0 Å². The van der Waals surface area contributed by atoms with Crippen molar-refractivity contribution in [1.82, 2.24) is 4.90 Å². The van der Waals surface area contributed by atoms with Crippen LogP contribution in [-0.4, -0.2) is 24.5 Å². The third-order valence-electron chi connectivity index (χ3n) is 2.01. The van der Waals surface area contributed by atoms with Crippen LogP contribution in [0.1, 0.15) is 39.5 Å². The fraction of sp³-hybridized carbons (Fsp3) is 0.818. The van der Waals surface area contributed by atoms with E-state index in [1.807, 2.05) is 6.08 Å². The number of hydrogen-bond donors (Lipinski definition) is 0. The molecule has 0 aliphatic heterocycles. The summed E-state index contributed by atoms with van der Waals surface area (Å²) in [6.07, 6.45) is 7.26. The highest BCUT2D eigenvalue weighted by molar-refractivity contribution is 4.72. The first kappa shape index (κ1) is 11.7. The van der Waals surface area contributed by atoms with Gasteiger partial charge in [0.05, 0.1) is 0 Å². The standard InChI is InChI=1S/C11H23N/c1-4-7-8-11-12(9-5-2)10-6-3/h5H,2,4,6-11H2,1,3H3. The molecule has 0 spiro atoms.